The minimum Gasteiger partial charge on any atom is -0.504 e. The van der Waals surface area contributed by atoms with E-state index in [1.807, 2.05) is 6.92 Å². The molecule has 1 aromatic carbocycles. The molecular formula is C17H24O4. The van der Waals surface area contributed by atoms with Crippen molar-refractivity contribution in [3.05, 3.63) is 22.8 Å². The Hall–Kier alpha value is -1.71. The van der Waals surface area contributed by atoms with Crippen molar-refractivity contribution in [2.75, 3.05) is 0 Å². The molecule has 0 unspecified atom stereocenters. The van der Waals surface area contributed by atoms with Gasteiger partial charge in [0.15, 0.2) is 11.5 Å². The average Bonchev–Trinajstić information content (AvgIpc) is 2.45. The third-order valence-corrected chi connectivity index (χ3v) is 4.41. The largest absolute Gasteiger partial charge is 0.511 e. The first kappa shape index (κ1) is 15.7. The minimum absolute atomic E-state index is 0.0154. The number of aromatic hydroxyl groups is 1. The van der Waals surface area contributed by atoms with Gasteiger partial charge in [-0.05, 0) is 49.3 Å². The summed E-state index contributed by atoms with van der Waals surface area (Å²) in [5.74, 6) is 0.408. The van der Waals surface area contributed by atoms with E-state index >= 15 is 0 Å². The van der Waals surface area contributed by atoms with Gasteiger partial charge in [0.2, 0.25) is 0 Å². The molecule has 0 radical (unpaired) electrons. The van der Waals surface area contributed by atoms with Gasteiger partial charge in [-0.1, -0.05) is 32.6 Å². The molecule has 116 valence electrons. The van der Waals surface area contributed by atoms with E-state index in [1.165, 1.54) is 6.42 Å². The number of ether oxygens (including phenoxy) is 1. The molecule has 1 saturated carbocycles. The van der Waals surface area contributed by atoms with Crippen molar-refractivity contribution in [1.29, 1.82) is 0 Å². The highest BCUT2D eigenvalue weighted by atomic mass is 16.7. The van der Waals surface area contributed by atoms with Crippen LogP contribution in [0.4, 0.5) is 4.79 Å². The summed E-state index contributed by atoms with van der Waals surface area (Å²) in [5, 5.41) is 19.3. The van der Waals surface area contributed by atoms with E-state index in [1.54, 1.807) is 6.07 Å². The van der Waals surface area contributed by atoms with Crippen LogP contribution in [0.5, 0.6) is 11.5 Å². The SMILES string of the molecule is CCCc1cc(OC(=O)O)c(O)c(C2CCCCC2)c1C. The van der Waals surface area contributed by atoms with Crippen molar-refractivity contribution in [2.45, 2.75) is 64.7 Å². The molecule has 0 amide bonds. The van der Waals surface area contributed by atoms with Gasteiger partial charge in [0.25, 0.3) is 0 Å². The molecule has 4 nitrogen and oxygen atoms in total. The number of carbonyl (C=O) groups is 1. The number of hydrogen-bond donors (Lipinski definition) is 2. The number of hydrogen-bond acceptors (Lipinski definition) is 3. The topological polar surface area (TPSA) is 66.8 Å². The van der Waals surface area contributed by atoms with E-state index in [9.17, 15) is 9.90 Å². The van der Waals surface area contributed by atoms with Crippen LogP contribution in [0, 0.1) is 6.92 Å². The minimum atomic E-state index is -1.38. The van der Waals surface area contributed by atoms with Crippen LogP contribution in [0.25, 0.3) is 0 Å². The second-order valence-electron chi connectivity index (χ2n) is 5.87. The van der Waals surface area contributed by atoms with Crippen LogP contribution in [0.1, 0.15) is 68.1 Å². The summed E-state index contributed by atoms with van der Waals surface area (Å²) >= 11 is 0. The zero-order valence-corrected chi connectivity index (χ0v) is 12.8. The van der Waals surface area contributed by atoms with Gasteiger partial charge in [0, 0.05) is 5.56 Å². The molecule has 4 heteroatoms. The molecule has 2 rings (SSSR count). The fourth-order valence-corrected chi connectivity index (χ4v) is 3.41. The lowest BCUT2D eigenvalue weighted by Gasteiger charge is -2.26. The summed E-state index contributed by atoms with van der Waals surface area (Å²) < 4.78 is 4.79. The van der Waals surface area contributed by atoms with Gasteiger partial charge in [0.1, 0.15) is 0 Å². The Kier molecular flexibility index (Phi) is 5.10. The molecule has 0 atom stereocenters. The number of phenols is 1. The standard InChI is InChI=1S/C17H24O4/c1-3-7-13-10-14(21-17(19)20)16(18)15(11(13)2)12-8-5-4-6-9-12/h10,12,18H,3-9H2,1-2H3,(H,19,20). The fraction of sp³-hybridized carbons (Fsp3) is 0.588. The van der Waals surface area contributed by atoms with Gasteiger partial charge in [-0.3, -0.25) is 0 Å². The second-order valence-corrected chi connectivity index (χ2v) is 5.87. The molecule has 0 aliphatic heterocycles. The van der Waals surface area contributed by atoms with Crippen molar-refractivity contribution in [2.24, 2.45) is 0 Å². The molecule has 0 spiro atoms. The van der Waals surface area contributed by atoms with Gasteiger partial charge in [-0.15, -0.1) is 0 Å². The van der Waals surface area contributed by atoms with E-state index in [-0.39, 0.29) is 11.5 Å². The quantitative estimate of drug-likeness (QED) is 0.620. The lowest BCUT2D eigenvalue weighted by atomic mass is 9.80. The van der Waals surface area contributed by atoms with Crippen LogP contribution in [0.15, 0.2) is 6.07 Å². The first-order valence-corrected chi connectivity index (χ1v) is 7.80. The summed E-state index contributed by atoms with van der Waals surface area (Å²) in [7, 11) is 0. The van der Waals surface area contributed by atoms with E-state index in [4.69, 9.17) is 9.84 Å². The Labute approximate surface area is 125 Å². The monoisotopic (exact) mass is 292 g/mol. The molecular weight excluding hydrogens is 268 g/mol. The summed E-state index contributed by atoms with van der Waals surface area (Å²) in [6.07, 6.45) is 6.12. The van der Waals surface area contributed by atoms with Gasteiger partial charge in [-0.2, -0.15) is 0 Å². The predicted molar refractivity (Wildman–Crippen MR) is 81.3 cm³/mol. The second kappa shape index (κ2) is 6.83. The van der Waals surface area contributed by atoms with Gasteiger partial charge in [-0.25, -0.2) is 4.79 Å². The van der Waals surface area contributed by atoms with E-state index < -0.39 is 6.16 Å². The number of carboxylic acid groups (broad SMARTS) is 1. The lowest BCUT2D eigenvalue weighted by Crippen LogP contribution is -2.11. The van der Waals surface area contributed by atoms with Gasteiger partial charge < -0.3 is 14.9 Å². The Morgan fingerprint density at radius 1 is 1.33 bits per heavy atom. The number of aryl methyl sites for hydroxylation is 1. The van der Waals surface area contributed by atoms with E-state index in [0.717, 1.165) is 55.2 Å². The number of phenolic OH excluding ortho intramolecular Hbond substituents is 1. The maximum atomic E-state index is 10.8. The summed E-state index contributed by atoms with van der Waals surface area (Å²) in [4.78, 5) is 10.8. The molecule has 0 bridgehead atoms. The number of benzene rings is 1. The van der Waals surface area contributed by atoms with Crippen LogP contribution in [-0.4, -0.2) is 16.4 Å². The smallest absolute Gasteiger partial charge is 0.504 e. The van der Waals surface area contributed by atoms with Crippen molar-refractivity contribution in [3.8, 4) is 11.5 Å². The van der Waals surface area contributed by atoms with Crippen LogP contribution < -0.4 is 4.74 Å². The maximum absolute atomic E-state index is 10.8. The van der Waals surface area contributed by atoms with E-state index in [0.29, 0.717) is 5.92 Å². The molecule has 0 aromatic heterocycles. The zero-order chi connectivity index (χ0) is 15.4. The normalized spacial score (nSPS) is 15.9. The molecule has 21 heavy (non-hydrogen) atoms. The zero-order valence-electron chi connectivity index (χ0n) is 12.8. The summed E-state index contributed by atoms with van der Waals surface area (Å²) in [5.41, 5.74) is 3.07. The van der Waals surface area contributed by atoms with Crippen LogP contribution in [0.3, 0.4) is 0 Å². The Bertz CT molecular complexity index is 516. The highest BCUT2D eigenvalue weighted by molar-refractivity contribution is 5.65. The molecule has 1 fully saturated rings. The summed E-state index contributed by atoms with van der Waals surface area (Å²) in [6, 6.07) is 1.68. The highest BCUT2D eigenvalue weighted by Crippen LogP contribution is 2.44. The highest BCUT2D eigenvalue weighted by Gasteiger charge is 2.25. The van der Waals surface area contributed by atoms with Crippen LogP contribution in [-0.2, 0) is 6.42 Å². The molecule has 0 heterocycles. The van der Waals surface area contributed by atoms with Crippen LogP contribution >= 0.6 is 0 Å². The first-order valence-electron chi connectivity index (χ1n) is 7.80. The lowest BCUT2D eigenvalue weighted by molar-refractivity contribution is 0.142. The predicted octanol–water partition coefficient (Wildman–Crippen LogP) is 4.76. The summed E-state index contributed by atoms with van der Waals surface area (Å²) in [6.45, 7) is 4.11. The van der Waals surface area contributed by atoms with Crippen molar-refractivity contribution in [1.82, 2.24) is 0 Å². The number of rotatable bonds is 4. The molecule has 1 aliphatic rings. The molecule has 0 saturated heterocycles. The van der Waals surface area contributed by atoms with Crippen molar-refractivity contribution in [3.63, 3.8) is 0 Å². The van der Waals surface area contributed by atoms with Crippen molar-refractivity contribution >= 4 is 6.16 Å². The maximum Gasteiger partial charge on any atom is 0.511 e. The Morgan fingerprint density at radius 2 is 2.00 bits per heavy atom. The average molecular weight is 292 g/mol. The third kappa shape index (κ3) is 3.49. The van der Waals surface area contributed by atoms with Crippen LogP contribution in [0.2, 0.25) is 0 Å². The first-order chi connectivity index (χ1) is 10.0. The molecule has 2 N–H and O–H groups in total. The van der Waals surface area contributed by atoms with E-state index in [2.05, 4.69) is 6.92 Å². The Balaban J connectivity index is 2.48. The third-order valence-electron chi connectivity index (χ3n) is 4.41. The Morgan fingerprint density at radius 3 is 2.57 bits per heavy atom. The molecule has 1 aliphatic carbocycles. The van der Waals surface area contributed by atoms with Crippen molar-refractivity contribution < 1.29 is 19.7 Å². The van der Waals surface area contributed by atoms with Gasteiger partial charge >= 0.3 is 6.16 Å². The van der Waals surface area contributed by atoms with Gasteiger partial charge in [0.05, 0.1) is 0 Å². The molecule has 1 aromatic rings. The fourth-order valence-electron chi connectivity index (χ4n) is 3.41.